The van der Waals surface area contributed by atoms with Gasteiger partial charge in [0, 0.05) is 22.4 Å². The highest BCUT2D eigenvalue weighted by atomic mass is 79.9. The van der Waals surface area contributed by atoms with Crippen LogP contribution in [0.15, 0.2) is 57.9 Å². The number of anilines is 1. The Morgan fingerprint density at radius 3 is 2.69 bits per heavy atom. The Morgan fingerprint density at radius 1 is 1.23 bits per heavy atom. The standard InChI is InChI=1S/C19H19BrN4O2/c1-13-3-6-15(7-4-13)22-18(25)12-23(2)11-16-9-19(26)24-10-14(20)5-8-17(24)21-16/h3-10H,11-12H2,1-2H3,(H,22,25)/p+1. The predicted octanol–water partition coefficient (Wildman–Crippen LogP) is 1.42. The molecule has 0 bridgehead atoms. The molecule has 0 aliphatic carbocycles. The van der Waals surface area contributed by atoms with Crippen molar-refractivity contribution >= 4 is 33.2 Å². The highest BCUT2D eigenvalue weighted by molar-refractivity contribution is 9.10. The molecule has 0 saturated heterocycles. The van der Waals surface area contributed by atoms with Gasteiger partial charge in [-0.15, -0.1) is 0 Å². The lowest BCUT2D eigenvalue weighted by atomic mass is 10.2. The zero-order valence-corrected chi connectivity index (χ0v) is 16.2. The lowest BCUT2D eigenvalue weighted by Gasteiger charge is -2.14. The number of carbonyl (C=O) groups excluding carboxylic acids is 1. The van der Waals surface area contributed by atoms with E-state index >= 15 is 0 Å². The normalized spacial score (nSPS) is 12.1. The maximum Gasteiger partial charge on any atom is 0.279 e. The van der Waals surface area contributed by atoms with Gasteiger partial charge in [-0.3, -0.25) is 14.0 Å². The predicted molar refractivity (Wildman–Crippen MR) is 104 cm³/mol. The van der Waals surface area contributed by atoms with Crippen molar-refractivity contribution in [3.05, 3.63) is 74.7 Å². The summed E-state index contributed by atoms with van der Waals surface area (Å²) < 4.78 is 2.31. The van der Waals surface area contributed by atoms with Crippen LogP contribution < -0.4 is 15.8 Å². The Morgan fingerprint density at radius 2 is 1.96 bits per heavy atom. The number of fused-ring (bicyclic) bond motifs is 1. The summed E-state index contributed by atoms with van der Waals surface area (Å²) in [5.74, 6) is -0.0761. The second-order valence-corrected chi connectivity index (χ2v) is 7.30. The second kappa shape index (κ2) is 7.80. The summed E-state index contributed by atoms with van der Waals surface area (Å²) in [5, 5.41) is 2.88. The fourth-order valence-electron chi connectivity index (χ4n) is 2.70. The molecule has 1 unspecified atom stereocenters. The van der Waals surface area contributed by atoms with Gasteiger partial charge in [-0.05, 0) is 47.1 Å². The van der Waals surface area contributed by atoms with Gasteiger partial charge in [0.2, 0.25) is 0 Å². The van der Waals surface area contributed by atoms with Crippen LogP contribution in [0.4, 0.5) is 5.69 Å². The number of hydrogen-bond donors (Lipinski definition) is 2. The molecule has 6 nitrogen and oxygen atoms in total. The number of carbonyl (C=O) groups is 1. The summed E-state index contributed by atoms with van der Waals surface area (Å²) >= 11 is 3.35. The zero-order chi connectivity index (χ0) is 18.7. The summed E-state index contributed by atoms with van der Waals surface area (Å²) in [6.07, 6.45) is 1.69. The molecule has 0 fully saturated rings. The number of pyridine rings is 1. The fraction of sp³-hybridized carbons (Fsp3) is 0.211. The monoisotopic (exact) mass is 415 g/mol. The van der Waals surface area contributed by atoms with Crippen molar-refractivity contribution in [1.82, 2.24) is 9.38 Å². The van der Waals surface area contributed by atoms with Crippen molar-refractivity contribution in [2.75, 3.05) is 18.9 Å². The summed E-state index contributed by atoms with van der Waals surface area (Å²) in [4.78, 5) is 29.9. The van der Waals surface area contributed by atoms with Crippen LogP contribution in [0.1, 0.15) is 11.3 Å². The molecule has 134 valence electrons. The van der Waals surface area contributed by atoms with Crippen molar-refractivity contribution < 1.29 is 9.69 Å². The number of halogens is 1. The molecule has 2 heterocycles. The number of nitrogens with one attached hydrogen (secondary N) is 2. The highest BCUT2D eigenvalue weighted by Crippen LogP contribution is 2.09. The summed E-state index contributed by atoms with van der Waals surface area (Å²) in [5.41, 5.74) is 3.04. The number of rotatable bonds is 5. The first-order valence-electron chi connectivity index (χ1n) is 8.26. The Hall–Kier alpha value is -2.51. The maximum atomic E-state index is 12.2. The maximum absolute atomic E-state index is 12.2. The van der Waals surface area contributed by atoms with Crippen LogP contribution in [-0.2, 0) is 11.3 Å². The van der Waals surface area contributed by atoms with Gasteiger partial charge in [0.05, 0.1) is 7.05 Å². The number of amides is 1. The molecule has 0 saturated carbocycles. The first-order chi connectivity index (χ1) is 12.4. The molecular weight excluding hydrogens is 396 g/mol. The molecule has 0 aliphatic rings. The highest BCUT2D eigenvalue weighted by Gasteiger charge is 2.13. The van der Waals surface area contributed by atoms with Crippen LogP contribution in [0.3, 0.4) is 0 Å². The summed E-state index contributed by atoms with van der Waals surface area (Å²) in [6.45, 7) is 2.78. The quantitative estimate of drug-likeness (QED) is 0.661. The van der Waals surface area contributed by atoms with E-state index < -0.39 is 0 Å². The molecule has 3 rings (SSSR count). The number of nitrogens with zero attached hydrogens (tertiary/aromatic N) is 2. The summed E-state index contributed by atoms with van der Waals surface area (Å²) in [7, 11) is 1.90. The average molecular weight is 416 g/mol. The van der Waals surface area contributed by atoms with E-state index in [0.717, 1.165) is 20.6 Å². The lowest BCUT2D eigenvalue weighted by molar-refractivity contribution is -0.885. The van der Waals surface area contributed by atoms with Crippen LogP contribution in [-0.4, -0.2) is 28.9 Å². The molecule has 1 atom stereocenters. The van der Waals surface area contributed by atoms with Gasteiger partial charge in [0.25, 0.3) is 11.5 Å². The molecule has 0 aliphatic heterocycles. The Labute approximate surface area is 159 Å². The van der Waals surface area contributed by atoms with E-state index in [-0.39, 0.29) is 18.0 Å². The van der Waals surface area contributed by atoms with Crippen LogP contribution in [0.2, 0.25) is 0 Å². The number of aryl methyl sites for hydroxylation is 1. The molecular formula is C19H20BrN4O2+. The van der Waals surface area contributed by atoms with Crippen molar-refractivity contribution in [2.45, 2.75) is 13.5 Å². The topological polar surface area (TPSA) is 67.9 Å². The van der Waals surface area contributed by atoms with Gasteiger partial charge in [-0.25, -0.2) is 4.98 Å². The van der Waals surface area contributed by atoms with Crippen molar-refractivity contribution in [3.8, 4) is 0 Å². The zero-order valence-electron chi connectivity index (χ0n) is 14.6. The van der Waals surface area contributed by atoms with E-state index in [0.29, 0.717) is 17.9 Å². The molecule has 0 spiro atoms. The van der Waals surface area contributed by atoms with Crippen molar-refractivity contribution in [2.24, 2.45) is 0 Å². The number of aromatic nitrogens is 2. The Balaban J connectivity index is 1.65. The van der Waals surface area contributed by atoms with Gasteiger partial charge in [-0.1, -0.05) is 17.7 Å². The van der Waals surface area contributed by atoms with Crippen LogP contribution in [0.25, 0.3) is 5.65 Å². The minimum Gasteiger partial charge on any atom is -0.325 e. The summed E-state index contributed by atoms with van der Waals surface area (Å²) in [6, 6.07) is 12.8. The molecule has 2 N–H and O–H groups in total. The first-order valence-corrected chi connectivity index (χ1v) is 9.06. The van der Waals surface area contributed by atoms with Gasteiger partial charge in [0.15, 0.2) is 6.54 Å². The van der Waals surface area contributed by atoms with Crippen LogP contribution in [0, 0.1) is 6.92 Å². The van der Waals surface area contributed by atoms with Crippen molar-refractivity contribution in [3.63, 3.8) is 0 Å². The van der Waals surface area contributed by atoms with Crippen molar-refractivity contribution in [1.29, 1.82) is 0 Å². The number of benzene rings is 1. The van der Waals surface area contributed by atoms with Gasteiger partial charge >= 0.3 is 0 Å². The molecule has 0 radical (unpaired) electrons. The fourth-order valence-corrected chi connectivity index (χ4v) is 3.04. The number of quaternary nitrogens is 1. The third-order valence-electron chi connectivity index (χ3n) is 3.96. The van der Waals surface area contributed by atoms with E-state index in [2.05, 4.69) is 26.2 Å². The van der Waals surface area contributed by atoms with E-state index in [1.807, 2.05) is 44.3 Å². The third kappa shape index (κ3) is 4.56. The molecule has 3 aromatic rings. The molecule has 7 heteroatoms. The minimum atomic E-state index is -0.136. The van der Waals surface area contributed by atoms with E-state index in [9.17, 15) is 9.59 Å². The van der Waals surface area contributed by atoms with Crippen LogP contribution in [0.5, 0.6) is 0 Å². The molecule has 1 amide bonds. The Kier molecular flexibility index (Phi) is 5.49. The second-order valence-electron chi connectivity index (χ2n) is 6.39. The number of likely N-dealkylation sites (N-methyl/N-ethyl adjacent to an activating group) is 1. The van der Waals surface area contributed by atoms with Gasteiger partial charge < -0.3 is 10.2 Å². The largest absolute Gasteiger partial charge is 0.325 e. The molecule has 1 aromatic carbocycles. The first kappa shape index (κ1) is 18.3. The lowest BCUT2D eigenvalue weighted by Crippen LogP contribution is -3.08. The SMILES string of the molecule is Cc1ccc(NC(=O)C[NH+](C)Cc2cc(=O)n3cc(Br)ccc3n2)cc1. The number of hydrogen-bond acceptors (Lipinski definition) is 3. The smallest absolute Gasteiger partial charge is 0.279 e. The van der Waals surface area contributed by atoms with Crippen LogP contribution >= 0.6 is 15.9 Å². The van der Waals surface area contributed by atoms with Gasteiger partial charge in [-0.2, -0.15) is 0 Å². The van der Waals surface area contributed by atoms with E-state index in [1.165, 1.54) is 10.5 Å². The molecule has 26 heavy (non-hydrogen) atoms. The molecule has 2 aromatic heterocycles. The van der Waals surface area contributed by atoms with E-state index in [4.69, 9.17) is 0 Å². The van der Waals surface area contributed by atoms with E-state index in [1.54, 1.807) is 12.3 Å². The minimum absolute atomic E-state index is 0.0761. The Bertz CT molecular complexity index is 999. The van der Waals surface area contributed by atoms with Gasteiger partial charge in [0.1, 0.15) is 17.9 Å². The average Bonchev–Trinajstić information content (AvgIpc) is 2.57. The third-order valence-corrected chi connectivity index (χ3v) is 4.43.